The molecule has 2 heterocycles. The summed E-state index contributed by atoms with van der Waals surface area (Å²) in [6.07, 6.45) is 4.98. The third kappa shape index (κ3) is 5.41. The average molecular weight is 377 g/mol. The molecule has 0 atom stereocenters. The molecule has 1 aliphatic heterocycles. The summed E-state index contributed by atoms with van der Waals surface area (Å²) in [5, 5.41) is 0.533. The molecule has 26 heavy (non-hydrogen) atoms. The molecular weight excluding hydrogens is 344 g/mol. The van der Waals surface area contributed by atoms with Crippen LogP contribution in [0.4, 0.5) is 5.82 Å². The van der Waals surface area contributed by atoms with Crippen LogP contribution >= 0.6 is 11.6 Å². The number of nitrogens with zero attached hydrogens (tertiary/aromatic N) is 4. The van der Waals surface area contributed by atoms with Gasteiger partial charge in [0, 0.05) is 57.7 Å². The molecule has 5 heteroatoms. The van der Waals surface area contributed by atoms with Crippen molar-refractivity contribution in [3.8, 4) is 0 Å². The van der Waals surface area contributed by atoms with Crippen LogP contribution in [-0.2, 0) is 0 Å². The van der Waals surface area contributed by atoms with E-state index >= 15 is 0 Å². The third-order valence-corrected chi connectivity index (χ3v) is 5.67. The Labute approximate surface area is 164 Å². The summed E-state index contributed by atoms with van der Waals surface area (Å²) in [5.74, 6) is 1.79. The highest BCUT2D eigenvalue weighted by molar-refractivity contribution is 6.31. The van der Waals surface area contributed by atoms with Gasteiger partial charge in [-0.2, -0.15) is 0 Å². The van der Waals surface area contributed by atoms with E-state index in [1.54, 1.807) is 0 Å². The molecule has 1 aromatic rings. The van der Waals surface area contributed by atoms with E-state index in [1.807, 2.05) is 25.1 Å². The van der Waals surface area contributed by atoms with E-state index in [9.17, 15) is 0 Å². The van der Waals surface area contributed by atoms with Crippen LogP contribution in [0.2, 0.25) is 5.15 Å². The second kappa shape index (κ2) is 9.31. The van der Waals surface area contributed by atoms with Crippen molar-refractivity contribution in [3.05, 3.63) is 41.7 Å². The topological polar surface area (TPSA) is 22.6 Å². The summed E-state index contributed by atoms with van der Waals surface area (Å²) in [7, 11) is 6.05. The van der Waals surface area contributed by atoms with Gasteiger partial charge in [-0.05, 0) is 50.7 Å². The number of rotatable bonds is 8. The quantitative estimate of drug-likeness (QED) is 0.611. The van der Waals surface area contributed by atoms with Crippen LogP contribution in [0.1, 0.15) is 38.2 Å². The zero-order valence-corrected chi connectivity index (χ0v) is 17.5. The van der Waals surface area contributed by atoms with Crippen molar-refractivity contribution in [3.63, 3.8) is 0 Å². The Bertz CT molecular complexity index is 633. The van der Waals surface area contributed by atoms with E-state index < -0.39 is 0 Å². The molecule has 0 saturated carbocycles. The van der Waals surface area contributed by atoms with Crippen LogP contribution in [0.25, 0.3) is 5.70 Å². The largest absolute Gasteiger partial charge is 0.379 e. The van der Waals surface area contributed by atoms with Gasteiger partial charge in [0.05, 0.1) is 0 Å². The molecule has 0 N–H and O–H groups in total. The summed E-state index contributed by atoms with van der Waals surface area (Å²) < 4.78 is 0. The third-order valence-electron chi connectivity index (χ3n) is 5.38. The first-order chi connectivity index (χ1) is 12.3. The molecule has 0 spiro atoms. The lowest BCUT2D eigenvalue weighted by atomic mass is 9.92. The van der Waals surface area contributed by atoms with Crippen molar-refractivity contribution in [2.45, 2.75) is 32.6 Å². The smallest absolute Gasteiger partial charge is 0.140 e. The number of hydrogen-bond acceptors (Lipinski definition) is 4. The van der Waals surface area contributed by atoms with Crippen molar-refractivity contribution >= 4 is 23.1 Å². The van der Waals surface area contributed by atoms with Gasteiger partial charge in [0.2, 0.25) is 0 Å². The number of pyridine rings is 1. The number of hydrogen-bond donors (Lipinski definition) is 0. The van der Waals surface area contributed by atoms with Crippen LogP contribution in [0.3, 0.4) is 0 Å². The maximum Gasteiger partial charge on any atom is 0.140 e. The molecule has 0 aromatic carbocycles. The second-order valence-electron chi connectivity index (χ2n) is 7.58. The summed E-state index contributed by atoms with van der Waals surface area (Å²) in [5.41, 5.74) is 2.92. The molecule has 0 radical (unpaired) electrons. The Morgan fingerprint density at radius 1 is 1.23 bits per heavy atom. The van der Waals surface area contributed by atoms with Crippen LogP contribution in [0, 0.1) is 5.92 Å². The number of anilines is 1. The zero-order valence-electron chi connectivity index (χ0n) is 16.8. The van der Waals surface area contributed by atoms with Gasteiger partial charge in [-0.15, -0.1) is 0 Å². The Morgan fingerprint density at radius 3 is 2.42 bits per heavy atom. The van der Waals surface area contributed by atoms with Gasteiger partial charge in [-0.3, -0.25) is 0 Å². The lowest BCUT2D eigenvalue weighted by Crippen LogP contribution is -2.34. The molecule has 0 bridgehead atoms. The van der Waals surface area contributed by atoms with Gasteiger partial charge < -0.3 is 14.7 Å². The van der Waals surface area contributed by atoms with Crippen molar-refractivity contribution in [2.24, 2.45) is 5.92 Å². The number of halogens is 1. The molecule has 144 valence electrons. The summed E-state index contributed by atoms with van der Waals surface area (Å²) in [6, 6.07) is 4.10. The Hall–Kier alpha value is -1.68. The lowest BCUT2D eigenvalue weighted by Gasteiger charge is -2.33. The lowest BCUT2D eigenvalue weighted by molar-refractivity contribution is 0.335. The number of piperidine rings is 1. The standard InChI is InChI=1S/C21H33ClN4/c1-16(2)25(6)13-7-8-18-11-14-26(15-12-18)20-10-9-19(21(22)23-20)17(3)24(4)5/h9-10,18H,1,3,7-8,11-15H2,2,4-6H3. The summed E-state index contributed by atoms with van der Waals surface area (Å²) in [4.78, 5) is 11.2. The highest BCUT2D eigenvalue weighted by Gasteiger charge is 2.21. The fourth-order valence-corrected chi connectivity index (χ4v) is 3.57. The van der Waals surface area contributed by atoms with Crippen LogP contribution in [0.15, 0.2) is 31.0 Å². The summed E-state index contributed by atoms with van der Waals surface area (Å²) >= 11 is 6.40. The van der Waals surface area contributed by atoms with E-state index in [0.717, 1.165) is 48.3 Å². The number of aromatic nitrogens is 1. The molecular formula is C21H33ClN4. The number of allylic oxidation sites excluding steroid dienone is 1. The minimum Gasteiger partial charge on any atom is -0.379 e. The van der Waals surface area contributed by atoms with Crippen molar-refractivity contribution in [1.29, 1.82) is 0 Å². The molecule has 1 saturated heterocycles. The minimum atomic E-state index is 0.533. The summed E-state index contributed by atoms with van der Waals surface area (Å²) in [6.45, 7) is 13.3. The van der Waals surface area contributed by atoms with E-state index in [4.69, 9.17) is 11.6 Å². The maximum absolute atomic E-state index is 6.40. The zero-order chi connectivity index (χ0) is 19.3. The average Bonchev–Trinajstić information content (AvgIpc) is 2.61. The van der Waals surface area contributed by atoms with Gasteiger partial charge in [-0.25, -0.2) is 4.98 Å². The van der Waals surface area contributed by atoms with Gasteiger partial charge in [0.1, 0.15) is 11.0 Å². The van der Waals surface area contributed by atoms with E-state index in [-0.39, 0.29) is 0 Å². The van der Waals surface area contributed by atoms with Gasteiger partial charge in [-0.1, -0.05) is 24.8 Å². The van der Waals surface area contributed by atoms with Gasteiger partial charge in [0.25, 0.3) is 0 Å². The Balaban J connectivity index is 1.85. The van der Waals surface area contributed by atoms with Crippen molar-refractivity contribution in [1.82, 2.24) is 14.8 Å². The van der Waals surface area contributed by atoms with Crippen LogP contribution < -0.4 is 4.90 Å². The Kier molecular flexibility index (Phi) is 7.39. The first kappa shape index (κ1) is 20.6. The first-order valence-electron chi connectivity index (χ1n) is 9.44. The van der Waals surface area contributed by atoms with Crippen molar-refractivity contribution in [2.75, 3.05) is 45.7 Å². The van der Waals surface area contributed by atoms with Gasteiger partial charge >= 0.3 is 0 Å². The predicted octanol–water partition coefficient (Wildman–Crippen LogP) is 4.73. The fraction of sp³-hybridized carbons (Fsp3) is 0.571. The van der Waals surface area contributed by atoms with Crippen LogP contribution in [-0.4, -0.2) is 55.6 Å². The second-order valence-corrected chi connectivity index (χ2v) is 7.94. The molecule has 1 aromatic heterocycles. The monoisotopic (exact) mass is 376 g/mol. The maximum atomic E-state index is 6.40. The normalized spacial score (nSPS) is 15.0. The molecule has 0 aliphatic carbocycles. The molecule has 0 amide bonds. The minimum absolute atomic E-state index is 0.533. The molecule has 0 unspecified atom stereocenters. The fourth-order valence-electron chi connectivity index (χ4n) is 3.32. The van der Waals surface area contributed by atoms with E-state index in [0.29, 0.717) is 5.15 Å². The molecule has 4 nitrogen and oxygen atoms in total. The molecule has 1 fully saturated rings. The first-order valence-corrected chi connectivity index (χ1v) is 9.82. The predicted molar refractivity (Wildman–Crippen MR) is 114 cm³/mol. The van der Waals surface area contributed by atoms with E-state index in [2.05, 4.69) is 48.0 Å². The molecule has 1 aliphatic rings. The highest BCUT2D eigenvalue weighted by atomic mass is 35.5. The highest BCUT2D eigenvalue weighted by Crippen LogP contribution is 2.29. The molecule has 2 rings (SSSR count). The Morgan fingerprint density at radius 2 is 1.88 bits per heavy atom. The van der Waals surface area contributed by atoms with Crippen LogP contribution in [0.5, 0.6) is 0 Å². The van der Waals surface area contributed by atoms with Crippen molar-refractivity contribution < 1.29 is 0 Å². The van der Waals surface area contributed by atoms with E-state index in [1.165, 1.54) is 25.7 Å². The van der Waals surface area contributed by atoms with Gasteiger partial charge in [0.15, 0.2) is 0 Å². The SMILES string of the molecule is C=C(c1ccc(N2CCC(CCCN(C)C(=C)C)CC2)nc1Cl)N(C)C.